The first-order chi connectivity index (χ1) is 6.56. The maximum atomic E-state index is 5.58. The molecular formula is C11H19N3. The highest BCUT2D eigenvalue weighted by atomic mass is 15.2. The molecule has 0 spiro atoms. The fraction of sp³-hybridized carbons (Fsp3) is 0.545. The standard InChI is InChI=1S/C11H19N3/c1-8(2)14(4)11-6-5-10(7-12)9(3)13-11/h5-6,8H,7,12H2,1-4H3. The average molecular weight is 193 g/mol. The van der Waals surface area contributed by atoms with Crippen LogP contribution in [-0.4, -0.2) is 18.1 Å². The van der Waals surface area contributed by atoms with Crippen LogP contribution in [0.4, 0.5) is 5.82 Å². The number of hydrogen-bond acceptors (Lipinski definition) is 3. The molecule has 14 heavy (non-hydrogen) atoms. The van der Waals surface area contributed by atoms with Gasteiger partial charge in [-0.2, -0.15) is 0 Å². The molecule has 0 fully saturated rings. The summed E-state index contributed by atoms with van der Waals surface area (Å²) in [6, 6.07) is 4.54. The third-order valence-electron chi connectivity index (χ3n) is 2.54. The summed E-state index contributed by atoms with van der Waals surface area (Å²) >= 11 is 0. The van der Waals surface area contributed by atoms with Gasteiger partial charge in [0.15, 0.2) is 0 Å². The molecule has 0 radical (unpaired) electrons. The lowest BCUT2D eigenvalue weighted by Crippen LogP contribution is -2.26. The predicted octanol–water partition coefficient (Wildman–Crippen LogP) is 1.69. The molecule has 0 aliphatic rings. The summed E-state index contributed by atoms with van der Waals surface area (Å²) in [7, 11) is 2.05. The van der Waals surface area contributed by atoms with Crippen molar-refractivity contribution in [2.24, 2.45) is 5.73 Å². The smallest absolute Gasteiger partial charge is 0.128 e. The van der Waals surface area contributed by atoms with E-state index in [1.807, 2.05) is 13.0 Å². The van der Waals surface area contributed by atoms with Crippen molar-refractivity contribution in [3.8, 4) is 0 Å². The van der Waals surface area contributed by atoms with Crippen molar-refractivity contribution >= 4 is 5.82 Å². The predicted molar refractivity (Wildman–Crippen MR) is 60.4 cm³/mol. The highest BCUT2D eigenvalue weighted by Gasteiger charge is 2.07. The zero-order valence-corrected chi connectivity index (χ0v) is 9.41. The minimum Gasteiger partial charge on any atom is -0.357 e. The topological polar surface area (TPSA) is 42.2 Å². The Kier molecular flexibility index (Phi) is 3.47. The average Bonchev–Trinajstić information content (AvgIpc) is 2.16. The second-order valence-corrected chi connectivity index (χ2v) is 3.82. The van der Waals surface area contributed by atoms with Crippen LogP contribution in [0, 0.1) is 6.92 Å². The number of nitrogens with two attached hydrogens (primary N) is 1. The molecule has 0 aliphatic heterocycles. The molecule has 0 aromatic carbocycles. The highest BCUT2D eigenvalue weighted by Crippen LogP contribution is 2.14. The van der Waals surface area contributed by atoms with Crippen molar-refractivity contribution < 1.29 is 0 Å². The lowest BCUT2D eigenvalue weighted by Gasteiger charge is -2.23. The number of hydrogen-bond donors (Lipinski definition) is 1. The van der Waals surface area contributed by atoms with Gasteiger partial charge in [-0.05, 0) is 32.4 Å². The van der Waals surface area contributed by atoms with Crippen LogP contribution in [0.25, 0.3) is 0 Å². The number of aryl methyl sites for hydroxylation is 1. The Morgan fingerprint density at radius 2 is 2.07 bits per heavy atom. The number of nitrogens with zero attached hydrogens (tertiary/aromatic N) is 2. The maximum absolute atomic E-state index is 5.58. The molecule has 1 heterocycles. The molecule has 1 rings (SSSR count). The molecule has 0 unspecified atom stereocenters. The second kappa shape index (κ2) is 4.42. The van der Waals surface area contributed by atoms with Gasteiger partial charge in [-0.15, -0.1) is 0 Å². The van der Waals surface area contributed by atoms with Gasteiger partial charge in [0, 0.05) is 25.3 Å². The SMILES string of the molecule is Cc1nc(N(C)C(C)C)ccc1CN. The summed E-state index contributed by atoms with van der Waals surface area (Å²) in [6.45, 7) is 6.85. The van der Waals surface area contributed by atoms with Crippen LogP contribution in [0.2, 0.25) is 0 Å². The summed E-state index contributed by atoms with van der Waals surface area (Å²) in [4.78, 5) is 6.66. The molecule has 3 nitrogen and oxygen atoms in total. The van der Waals surface area contributed by atoms with E-state index in [-0.39, 0.29) is 0 Å². The van der Waals surface area contributed by atoms with Gasteiger partial charge in [0.1, 0.15) is 5.82 Å². The first-order valence-corrected chi connectivity index (χ1v) is 4.95. The molecule has 78 valence electrons. The quantitative estimate of drug-likeness (QED) is 0.794. The van der Waals surface area contributed by atoms with Crippen LogP contribution in [0.5, 0.6) is 0 Å². The zero-order chi connectivity index (χ0) is 10.7. The van der Waals surface area contributed by atoms with Crippen LogP contribution in [0.3, 0.4) is 0 Å². The Balaban J connectivity index is 2.96. The molecular weight excluding hydrogens is 174 g/mol. The molecule has 0 saturated heterocycles. The summed E-state index contributed by atoms with van der Waals surface area (Å²) in [6.07, 6.45) is 0. The van der Waals surface area contributed by atoms with Crippen LogP contribution in [0.15, 0.2) is 12.1 Å². The number of rotatable bonds is 3. The van der Waals surface area contributed by atoms with Gasteiger partial charge in [0.05, 0.1) is 0 Å². The van der Waals surface area contributed by atoms with E-state index in [9.17, 15) is 0 Å². The lowest BCUT2D eigenvalue weighted by atomic mass is 10.2. The molecule has 1 aromatic rings. The number of aromatic nitrogens is 1. The maximum Gasteiger partial charge on any atom is 0.128 e. The first-order valence-electron chi connectivity index (χ1n) is 4.95. The van der Waals surface area contributed by atoms with Crippen molar-refractivity contribution in [2.75, 3.05) is 11.9 Å². The summed E-state index contributed by atoms with van der Waals surface area (Å²) in [5.41, 5.74) is 7.73. The number of anilines is 1. The lowest BCUT2D eigenvalue weighted by molar-refractivity contribution is 0.740. The Bertz CT molecular complexity index is 307. The van der Waals surface area contributed by atoms with Gasteiger partial charge < -0.3 is 10.6 Å². The molecule has 0 aliphatic carbocycles. The molecule has 0 atom stereocenters. The Morgan fingerprint density at radius 3 is 2.50 bits per heavy atom. The van der Waals surface area contributed by atoms with Gasteiger partial charge in [-0.1, -0.05) is 6.07 Å². The third-order valence-corrected chi connectivity index (χ3v) is 2.54. The Morgan fingerprint density at radius 1 is 1.43 bits per heavy atom. The normalized spacial score (nSPS) is 10.7. The third kappa shape index (κ3) is 2.23. The summed E-state index contributed by atoms with van der Waals surface area (Å²) in [5, 5.41) is 0. The highest BCUT2D eigenvalue weighted by molar-refractivity contribution is 5.41. The van der Waals surface area contributed by atoms with Crippen LogP contribution >= 0.6 is 0 Å². The second-order valence-electron chi connectivity index (χ2n) is 3.82. The van der Waals surface area contributed by atoms with E-state index in [4.69, 9.17) is 5.73 Å². The van der Waals surface area contributed by atoms with Crippen molar-refractivity contribution in [1.29, 1.82) is 0 Å². The molecule has 3 heteroatoms. The largest absolute Gasteiger partial charge is 0.357 e. The zero-order valence-electron chi connectivity index (χ0n) is 9.41. The first kappa shape index (κ1) is 11.0. The van der Waals surface area contributed by atoms with Gasteiger partial charge in [0.2, 0.25) is 0 Å². The van der Waals surface area contributed by atoms with Gasteiger partial charge in [0.25, 0.3) is 0 Å². The fourth-order valence-corrected chi connectivity index (χ4v) is 1.25. The Labute approximate surface area is 85.9 Å². The number of pyridine rings is 1. The molecule has 2 N–H and O–H groups in total. The minimum atomic E-state index is 0.464. The van der Waals surface area contributed by atoms with Crippen LogP contribution in [0.1, 0.15) is 25.1 Å². The molecule has 0 saturated carbocycles. The van der Waals surface area contributed by atoms with E-state index in [1.54, 1.807) is 0 Å². The van der Waals surface area contributed by atoms with E-state index in [0.717, 1.165) is 17.1 Å². The van der Waals surface area contributed by atoms with Gasteiger partial charge >= 0.3 is 0 Å². The van der Waals surface area contributed by atoms with E-state index in [1.165, 1.54) is 0 Å². The Hall–Kier alpha value is -1.09. The van der Waals surface area contributed by atoms with Gasteiger partial charge in [-0.25, -0.2) is 4.98 Å². The van der Waals surface area contributed by atoms with Crippen molar-refractivity contribution in [3.63, 3.8) is 0 Å². The van der Waals surface area contributed by atoms with E-state index in [0.29, 0.717) is 12.6 Å². The van der Waals surface area contributed by atoms with Gasteiger partial charge in [-0.3, -0.25) is 0 Å². The van der Waals surface area contributed by atoms with E-state index >= 15 is 0 Å². The van der Waals surface area contributed by atoms with Crippen molar-refractivity contribution in [2.45, 2.75) is 33.4 Å². The molecule has 0 bridgehead atoms. The summed E-state index contributed by atoms with van der Waals surface area (Å²) in [5.74, 6) is 1.01. The van der Waals surface area contributed by atoms with E-state index < -0.39 is 0 Å². The fourth-order valence-electron chi connectivity index (χ4n) is 1.25. The minimum absolute atomic E-state index is 0.464. The van der Waals surface area contributed by atoms with Crippen LogP contribution < -0.4 is 10.6 Å². The van der Waals surface area contributed by atoms with E-state index in [2.05, 4.69) is 36.8 Å². The van der Waals surface area contributed by atoms with Crippen molar-refractivity contribution in [1.82, 2.24) is 4.98 Å². The molecule has 0 amide bonds. The summed E-state index contributed by atoms with van der Waals surface area (Å²) < 4.78 is 0. The monoisotopic (exact) mass is 193 g/mol. The molecule has 1 aromatic heterocycles. The van der Waals surface area contributed by atoms with Crippen molar-refractivity contribution in [3.05, 3.63) is 23.4 Å². The van der Waals surface area contributed by atoms with Crippen LogP contribution in [-0.2, 0) is 6.54 Å².